The van der Waals surface area contributed by atoms with Crippen LogP contribution >= 0.6 is 23.2 Å². The summed E-state index contributed by atoms with van der Waals surface area (Å²) in [4.78, 5) is 2.27. The van der Waals surface area contributed by atoms with Crippen molar-refractivity contribution in [1.82, 2.24) is 0 Å². The second-order valence-electron chi connectivity index (χ2n) is 4.47. The summed E-state index contributed by atoms with van der Waals surface area (Å²) in [5.41, 5.74) is 7.02. The molecule has 2 N–H and O–H groups in total. The Labute approximate surface area is 106 Å². The van der Waals surface area contributed by atoms with Gasteiger partial charge in [-0.25, -0.2) is 0 Å². The number of piperidine rings is 1. The van der Waals surface area contributed by atoms with E-state index in [1.165, 1.54) is 0 Å². The van der Waals surface area contributed by atoms with Gasteiger partial charge in [0.25, 0.3) is 0 Å². The van der Waals surface area contributed by atoms with Gasteiger partial charge in [0.1, 0.15) is 0 Å². The lowest BCUT2D eigenvalue weighted by atomic mass is 9.94. The molecule has 0 amide bonds. The summed E-state index contributed by atoms with van der Waals surface area (Å²) in [7, 11) is 0. The lowest BCUT2D eigenvalue weighted by Crippen LogP contribution is -2.46. The number of hydrogen-bond donors (Lipinski definition) is 1. The first-order valence-electron chi connectivity index (χ1n) is 5.53. The van der Waals surface area contributed by atoms with Crippen LogP contribution in [0.5, 0.6) is 0 Å². The molecule has 1 fully saturated rings. The average molecular weight is 259 g/mol. The van der Waals surface area contributed by atoms with E-state index in [4.69, 9.17) is 28.9 Å². The van der Waals surface area contributed by atoms with Crippen LogP contribution in [0.1, 0.15) is 13.3 Å². The van der Waals surface area contributed by atoms with Crippen LogP contribution in [0.15, 0.2) is 18.2 Å². The maximum Gasteiger partial charge on any atom is 0.0640 e. The van der Waals surface area contributed by atoms with Gasteiger partial charge in [0.15, 0.2) is 0 Å². The molecule has 1 aromatic rings. The van der Waals surface area contributed by atoms with Crippen LogP contribution in [0.4, 0.5) is 5.69 Å². The Morgan fingerprint density at radius 3 is 2.81 bits per heavy atom. The van der Waals surface area contributed by atoms with Crippen molar-refractivity contribution < 1.29 is 0 Å². The summed E-state index contributed by atoms with van der Waals surface area (Å²) in [6.45, 7) is 4.07. The second kappa shape index (κ2) is 4.82. The molecular formula is C12H16Cl2N2. The number of hydrogen-bond acceptors (Lipinski definition) is 2. The molecular weight excluding hydrogens is 243 g/mol. The average Bonchev–Trinajstić information content (AvgIpc) is 2.26. The van der Waals surface area contributed by atoms with Crippen molar-refractivity contribution in [3.63, 3.8) is 0 Å². The molecule has 16 heavy (non-hydrogen) atoms. The number of nitrogens with zero attached hydrogens (tertiary/aromatic N) is 1. The first kappa shape index (κ1) is 12.0. The van der Waals surface area contributed by atoms with Crippen LogP contribution in [0.3, 0.4) is 0 Å². The second-order valence-corrected chi connectivity index (χ2v) is 5.32. The number of rotatable bonds is 1. The molecule has 1 aliphatic rings. The van der Waals surface area contributed by atoms with Crippen molar-refractivity contribution in [1.29, 1.82) is 0 Å². The predicted octanol–water partition coefficient (Wildman–Crippen LogP) is 3.17. The smallest absolute Gasteiger partial charge is 0.0640 e. The first-order valence-corrected chi connectivity index (χ1v) is 6.29. The Hall–Kier alpha value is -0.440. The van der Waals surface area contributed by atoms with Crippen molar-refractivity contribution in [2.75, 3.05) is 18.0 Å². The molecule has 0 spiro atoms. The molecule has 0 aromatic heterocycles. The lowest BCUT2D eigenvalue weighted by Gasteiger charge is -2.37. The minimum absolute atomic E-state index is 0.300. The molecule has 1 saturated heterocycles. The Morgan fingerprint density at radius 1 is 1.38 bits per heavy atom. The van der Waals surface area contributed by atoms with E-state index in [1.807, 2.05) is 18.2 Å². The van der Waals surface area contributed by atoms with E-state index in [2.05, 4.69) is 11.8 Å². The summed E-state index contributed by atoms with van der Waals surface area (Å²) < 4.78 is 0. The van der Waals surface area contributed by atoms with Crippen LogP contribution in [0.25, 0.3) is 0 Å². The Kier molecular flexibility index (Phi) is 3.63. The van der Waals surface area contributed by atoms with Gasteiger partial charge in [-0.15, -0.1) is 0 Å². The summed E-state index contributed by atoms with van der Waals surface area (Å²) in [5, 5.41) is 1.48. The zero-order valence-electron chi connectivity index (χ0n) is 9.29. The number of halogens is 2. The van der Waals surface area contributed by atoms with Crippen LogP contribution in [-0.4, -0.2) is 19.1 Å². The fourth-order valence-corrected chi connectivity index (χ4v) is 2.51. The minimum Gasteiger partial charge on any atom is -0.370 e. The van der Waals surface area contributed by atoms with Gasteiger partial charge in [0.05, 0.1) is 10.7 Å². The van der Waals surface area contributed by atoms with Crippen LogP contribution in [0, 0.1) is 5.92 Å². The molecule has 1 heterocycles. The largest absolute Gasteiger partial charge is 0.370 e. The zero-order chi connectivity index (χ0) is 11.7. The Bertz CT molecular complexity index is 381. The quantitative estimate of drug-likeness (QED) is 0.839. The summed E-state index contributed by atoms with van der Waals surface area (Å²) in [5.74, 6) is 0.490. The van der Waals surface area contributed by atoms with Crippen LogP contribution in [0.2, 0.25) is 10.0 Å². The Morgan fingerprint density at radius 2 is 2.12 bits per heavy atom. The monoisotopic (exact) mass is 258 g/mol. The van der Waals surface area contributed by atoms with Gasteiger partial charge in [0.2, 0.25) is 0 Å². The maximum absolute atomic E-state index is 6.18. The Balaban J connectivity index is 2.21. The normalized spacial score (nSPS) is 25.9. The summed E-state index contributed by atoms with van der Waals surface area (Å²) in [6, 6.07) is 5.88. The van der Waals surface area contributed by atoms with Crippen molar-refractivity contribution >= 4 is 28.9 Å². The lowest BCUT2D eigenvalue weighted by molar-refractivity contribution is 0.383. The van der Waals surface area contributed by atoms with Crippen LogP contribution < -0.4 is 10.6 Å². The van der Waals surface area contributed by atoms with E-state index < -0.39 is 0 Å². The van der Waals surface area contributed by atoms with E-state index in [9.17, 15) is 0 Å². The van der Waals surface area contributed by atoms with Gasteiger partial charge >= 0.3 is 0 Å². The van der Waals surface area contributed by atoms with Gasteiger partial charge in [-0.2, -0.15) is 0 Å². The molecule has 4 heteroatoms. The zero-order valence-corrected chi connectivity index (χ0v) is 10.8. The van der Waals surface area contributed by atoms with Crippen molar-refractivity contribution in [3.8, 4) is 0 Å². The predicted molar refractivity (Wildman–Crippen MR) is 70.4 cm³/mol. The third-order valence-corrected chi connectivity index (χ3v) is 3.78. The van der Waals surface area contributed by atoms with Gasteiger partial charge in [-0.1, -0.05) is 30.1 Å². The number of anilines is 1. The SMILES string of the molecule is CC1CN(c2cc(Cl)ccc2Cl)CCC1N. The van der Waals surface area contributed by atoms with Crippen molar-refractivity contribution in [2.24, 2.45) is 11.7 Å². The molecule has 1 aliphatic heterocycles. The highest BCUT2D eigenvalue weighted by Crippen LogP contribution is 2.31. The molecule has 1 aromatic carbocycles. The van der Waals surface area contributed by atoms with E-state index >= 15 is 0 Å². The molecule has 0 radical (unpaired) electrons. The molecule has 2 unspecified atom stereocenters. The molecule has 2 rings (SSSR count). The fraction of sp³-hybridized carbons (Fsp3) is 0.500. The third-order valence-electron chi connectivity index (χ3n) is 3.22. The van der Waals surface area contributed by atoms with Gasteiger partial charge < -0.3 is 10.6 Å². The van der Waals surface area contributed by atoms with E-state index in [-0.39, 0.29) is 0 Å². The van der Waals surface area contributed by atoms with Crippen molar-refractivity contribution in [2.45, 2.75) is 19.4 Å². The topological polar surface area (TPSA) is 29.3 Å². The summed E-state index contributed by atoms with van der Waals surface area (Å²) >= 11 is 12.2. The van der Waals surface area contributed by atoms with E-state index in [0.717, 1.165) is 35.2 Å². The molecule has 0 aliphatic carbocycles. The van der Waals surface area contributed by atoms with Gasteiger partial charge in [0, 0.05) is 24.2 Å². The molecule has 0 saturated carbocycles. The molecule has 88 valence electrons. The molecule has 0 bridgehead atoms. The highest BCUT2D eigenvalue weighted by atomic mass is 35.5. The third kappa shape index (κ3) is 2.45. The number of benzene rings is 1. The summed E-state index contributed by atoms with van der Waals surface area (Å²) in [6.07, 6.45) is 1.00. The van der Waals surface area contributed by atoms with E-state index in [0.29, 0.717) is 12.0 Å². The molecule has 2 nitrogen and oxygen atoms in total. The standard InChI is InChI=1S/C12H16Cl2N2/c1-8-7-16(5-4-11(8)15)12-6-9(13)2-3-10(12)14/h2-3,6,8,11H,4-5,7,15H2,1H3. The highest BCUT2D eigenvalue weighted by Gasteiger charge is 2.24. The van der Waals surface area contributed by atoms with Gasteiger partial charge in [-0.05, 0) is 30.5 Å². The first-order chi connectivity index (χ1) is 7.58. The minimum atomic E-state index is 0.300. The maximum atomic E-state index is 6.18. The number of nitrogens with two attached hydrogens (primary N) is 1. The van der Waals surface area contributed by atoms with E-state index in [1.54, 1.807) is 0 Å². The van der Waals surface area contributed by atoms with Crippen molar-refractivity contribution in [3.05, 3.63) is 28.2 Å². The highest BCUT2D eigenvalue weighted by molar-refractivity contribution is 6.35. The van der Waals surface area contributed by atoms with Gasteiger partial charge in [-0.3, -0.25) is 0 Å². The molecule has 2 atom stereocenters. The van der Waals surface area contributed by atoms with Crippen LogP contribution in [-0.2, 0) is 0 Å². The fourth-order valence-electron chi connectivity index (χ4n) is 2.11.